The van der Waals surface area contributed by atoms with Crippen molar-refractivity contribution in [1.29, 1.82) is 0 Å². The third-order valence-electron chi connectivity index (χ3n) is 4.92. The van der Waals surface area contributed by atoms with Crippen LogP contribution in [0.15, 0.2) is 36.5 Å². The van der Waals surface area contributed by atoms with Crippen molar-refractivity contribution >= 4 is 28.3 Å². The van der Waals surface area contributed by atoms with Crippen molar-refractivity contribution in [3.05, 3.63) is 53.6 Å². The Morgan fingerprint density at radius 1 is 1.19 bits per heavy atom. The Morgan fingerprint density at radius 3 is 2.67 bits per heavy atom. The Morgan fingerprint density at radius 2 is 1.96 bits per heavy atom. The molecule has 0 spiro atoms. The number of halogens is 1. The smallest absolute Gasteiger partial charge is 0.257 e. The molecule has 6 nitrogen and oxygen atoms in total. The number of benzene rings is 1. The van der Waals surface area contributed by atoms with Crippen LogP contribution in [0.5, 0.6) is 0 Å². The highest BCUT2D eigenvalue weighted by Crippen LogP contribution is 2.24. The predicted molar refractivity (Wildman–Crippen MR) is 105 cm³/mol. The van der Waals surface area contributed by atoms with E-state index in [4.69, 9.17) is 0 Å². The molecule has 1 saturated heterocycles. The number of fused-ring (bicyclic) bond motifs is 1. The topological polar surface area (TPSA) is 64.3 Å². The molecule has 7 heteroatoms. The average molecular weight is 367 g/mol. The van der Waals surface area contributed by atoms with Gasteiger partial charge >= 0.3 is 0 Å². The number of aromatic amines is 1. The van der Waals surface area contributed by atoms with E-state index in [2.05, 4.69) is 32.1 Å². The molecule has 3 aromatic rings. The van der Waals surface area contributed by atoms with E-state index in [0.717, 1.165) is 37.7 Å². The molecule has 2 N–H and O–H groups in total. The first-order valence-electron chi connectivity index (χ1n) is 8.99. The molecule has 0 atom stereocenters. The summed E-state index contributed by atoms with van der Waals surface area (Å²) >= 11 is 0. The average Bonchev–Trinajstić information content (AvgIpc) is 3.03. The third kappa shape index (κ3) is 3.64. The van der Waals surface area contributed by atoms with Crippen molar-refractivity contribution in [3.8, 4) is 0 Å². The van der Waals surface area contributed by atoms with E-state index >= 15 is 0 Å². The third-order valence-corrected chi connectivity index (χ3v) is 4.92. The number of hydrogen-bond donors (Lipinski definition) is 2. The summed E-state index contributed by atoms with van der Waals surface area (Å²) in [6.07, 6.45) is 1.57. The minimum absolute atomic E-state index is 0.311. The highest BCUT2D eigenvalue weighted by molar-refractivity contribution is 6.05. The van der Waals surface area contributed by atoms with Gasteiger partial charge < -0.3 is 20.1 Å². The fraction of sp³-hybridized carbons (Fsp3) is 0.300. The summed E-state index contributed by atoms with van der Waals surface area (Å²) < 4.78 is 14.2. The molecule has 0 unspecified atom stereocenters. The van der Waals surface area contributed by atoms with Gasteiger partial charge in [-0.2, -0.15) is 0 Å². The lowest BCUT2D eigenvalue weighted by molar-refractivity contribution is 0.102. The van der Waals surface area contributed by atoms with Gasteiger partial charge in [-0.05, 0) is 44.3 Å². The summed E-state index contributed by atoms with van der Waals surface area (Å²) in [5.74, 6) is 0.194. The minimum atomic E-state index is -0.365. The number of piperazine rings is 1. The predicted octanol–water partition coefficient (Wildman–Crippen LogP) is 3.01. The zero-order chi connectivity index (χ0) is 19.0. The summed E-state index contributed by atoms with van der Waals surface area (Å²) in [6, 6.07) is 8.42. The Balaban J connectivity index is 1.48. The molecule has 1 aliphatic heterocycles. The minimum Gasteiger partial charge on any atom is -0.359 e. The van der Waals surface area contributed by atoms with Crippen molar-refractivity contribution in [1.82, 2.24) is 14.9 Å². The Bertz CT molecular complexity index is 974. The summed E-state index contributed by atoms with van der Waals surface area (Å²) in [5, 5.41) is 3.26. The van der Waals surface area contributed by atoms with Crippen LogP contribution in [0.25, 0.3) is 10.9 Å². The molecule has 140 valence electrons. The van der Waals surface area contributed by atoms with Gasteiger partial charge in [-0.25, -0.2) is 9.37 Å². The van der Waals surface area contributed by atoms with E-state index in [-0.39, 0.29) is 11.7 Å². The van der Waals surface area contributed by atoms with Crippen molar-refractivity contribution in [2.75, 3.05) is 43.4 Å². The summed E-state index contributed by atoms with van der Waals surface area (Å²) in [7, 11) is 2.10. The van der Waals surface area contributed by atoms with Crippen LogP contribution in [-0.2, 0) is 0 Å². The Hall–Kier alpha value is -2.93. The standard InChI is InChI=1S/C20H22FN5O/c1-13-9-16-17(21)10-15(11-18(16)23-13)24-20(27)14-3-4-19(22-12-14)26-7-5-25(2)6-8-26/h3-4,9-12,23H,5-8H2,1-2H3,(H,24,27). The van der Waals surface area contributed by atoms with Gasteiger partial charge in [0.1, 0.15) is 11.6 Å². The molecule has 0 saturated carbocycles. The number of likely N-dealkylation sites (N-methyl/N-ethyl adjacent to an activating group) is 1. The molecule has 1 fully saturated rings. The number of anilines is 2. The normalized spacial score (nSPS) is 15.3. The van der Waals surface area contributed by atoms with Gasteiger partial charge in [-0.3, -0.25) is 4.79 Å². The molecule has 1 aromatic carbocycles. The number of aryl methyl sites for hydroxylation is 1. The molecule has 27 heavy (non-hydrogen) atoms. The first-order chi connectivity index (χ1) is 13.0. The first kappa shape index (κ1) is 17.5. The number of H-pyrrole nitrogens is 1. The maximum absolute atomic E-state index is 14.2. The number of amides is 1. The van der Waals surface area contributed by atoms with Crippen LogP contribution in [0.1, 0.15) is 16.1 Å². The molecular weight excluding hydrogens is 345 g/mol. The molecule has 4 rings (SSSR count). The van der Waals surface area contributed by atoms with Crippen molar-refractivity contribution in [3.63, 3.8) is 0 Å². The number of rotatable bonds is 3. The van der Waals surface area contributed by atoms with E-state index in [1.54, 1.807) is 24.4 Å². The van der Waals surface area contributed by atoms with Crippen molar-refractivity contribution in [2.24, 2.45) is 0 Å². The first-order valence-corrected chi connectivity index (χ1v) is 8.99. The highest BCUT2D eigenvalue weighted by atomic mass is 19.1. The van der Waals surface area contributed by atoms with Crippen molar-refractivity contribution in [2.45, 2.75) is 6.92 Å². The van der Waals surface area contributed by atoms with Crippen LogP contribution in [0, 0.1) is 12.7 Å². The molecule has 3 heterocycles. The monoisotopic (exact) mass is 367 g/mol. The van der Waals surface area contributed by atoms with Gasteiger partial charge in [0.2, 0.25) is 0 Å². The lowest BCUT2D eigenvalue weighted by Crippen LogP contribution is -2.44. The molecule has 0 bridgehead atoms. The molecule has 0 radical (unpaired) electrons. The zero-order valence-electron chi connectivity index (χ0n) is 15.4. The zero-order valence-corrected chi connectivity index (χ0v) is 15.4. The van der Waals surface area contributed by atoms with Gasteiger partial charge in [0, 0.05) is 49.1 Å². The molecular formula is C20H22FN5O. The highest BCUT2D eigenvalue weighted by Gasteiger charge is 2.16. The van der Waals surface area contributed by atoms with E-state index < -0.39 is 0 Å². The van der Waals surface area contributed by atoms with E-state index in [1.807, 2.05) is 13.0 Å². The lowest BCUT2D eigenvalue weighted by atomic mass is 10.2. The number of hydrogen-bond acceptors (Lipinski definition) is 4. The quantitative estimate of drug-likeness (QED) is 0.747. The summed E-state index contributed by atoms with van der Waals surface area (Å²) in [4.78, 5) is 24.5. The second-order valence-electron chi connectivity index (χ2n) is 7.02. The van der Waals surface area contributed by atoms with E-state index in [1.165, 1.54) is 6.07 Å². The number of pyridine rings is 1. The molecule has 2 aromatic heterocycles. The number of aromatic nitrogens is 2. The van der Waals surface area contributed by atoms with Gasteiger partial charge in [0.05, 0.1) is 11.1 Å². The lowest BCUT2D eigenvalue weighted by Gasteiger charge is -2.33. The molecule has 1 amide bonds. The molecule has 0 aliphatic carbocycles. The van der Waals surface area contributed by atoms with Crippen LogP contribution in [0.4, 0.5) is 15.9 Å². The fourth-order valence-electron chi connectivity index (χ4n) is 3.35. The number of carbonyl (C=O) groups is 1. The van der Waals surface area contributed by atoms with Gasteiger partial charge in [-0.15, -0.1) is 0 Å². The maximum Gasteiger partial charge on any atom is 0.257 e. The number of nitrogens with one attached hydrogen (secondary N) is 2. The van der Waals surface area contributed by atoms with E-state index in [0.29, 0.717) is 22.2 Å². The SMILES string of the molecule is Cc1cc2c(F)cc(NC(=O)c3ccc(N4CCN(C)CC4)nc3)cc2[nH]1. The summed E-state index contributed by atoms with van der Waals surface area (Å²) in [5.41, 5.74) is 2.38. The van der Waals surface area contributed by atoms with Gasteiger partial charge in [0.15, 0.2) is 0 Å². The maximum atomic E-state index is 14.2. The molecule has 1 aliphatic rings. The second kappa shape index (κ2) is 7.00. The Labute approximate surface area is 157 Å². The van der Waals surface area contributed by atoms with E-state index in [9.17, 15) is 9.18 Å². The van der Waals surface area contributed by atoms with Crippen LogP contribution in [-0.4, -0.2) is 54.0 Å². The van der Waals surface area contributed by atoms with Gasteiger partial charge in [-0.1, -0.05) is 0 Å². The number of nitrogens with zero attached hydrogens (tertiary/aromatic N) is 3. The van der Waals surface area contributed by atoms with Gasteiger partial charge in [0.25, 0.3) is 5.91 Å². The largest absolute Gasteiger partial charge is 0.359 e. The van der Waals surface area contributed by atoms with Crippen LogP contribution < -0.4 is 10.2 Å². The van der Waals surface area contributed by atoms with Crippen LogP contribution in [0.3, 0.4) is 0 Å². The van der Waals surface area contributed by atoms with Crippen molar-refractivity contribution < 1.29 is 9.18 Å². The summed E-state index contributed by atoms with van der Waals surface area (Å²) in [6.45, 7) is 5.70. The Kier molecular flexibility index (Phi) is 4.53. The van der Waals surface area contributed by atoms with Crippen LogP contribution in [0.2, 0.25) is 0 Å². The second-order valence-corrected chi connectivity index (χ2v) is 7.02. The number of carbonyl (C=O) groups excluding carboxylic acids is 1. The van der Waals surface area contributed by atoms with Crippen LogP contribution >= 0.6 is 0 Å². The fourth-order valence-corrected chi connectivity index (χ4v) is 3.35.